The lowest BCUT2D eigenvalue weighted by Crippen LogP contribution is -2.44. The number of urea groups is 1. The molecule has 2 atom stereocenters. The van der Waals surface area contributed by atoms with E-state index in [-0.39, 0.29) is 19.1 Å². The highest BCUT2D eigenvalue weighted by Crippen LogP contribution is 2.45. The van der Waals surface area contributed by atoms with Gasteiger partial charge in [0.05, 0.1) is 23.7 Å². The van der Waals surface area contributed by atoms with Gasteiger partial charge in [-0.25, -0.2) is 13.2 Å². The number of rotatable bonds is 5. The third-order valence-electron chi connectivity index (χ3n) is 4.82. The molecule has 2 aromatic rings. The molecule has 2 heterocycles. The second-order valence-corrected chi connectivity index (χ2v) is 8.82. The maximum atomic E-state index is 13.1. The molecule has 10 heteroatoms. The van der Waals surface area contributed by atoms with E-state index in [2.05, 4.69) is 4.72 Å². The summed E-state index contributed by atoms with van der Waals surface area (Å²) in [4.78, 5) is 27.4. The van der Waals surface area contributed by atoms with Crippen molar-refractivity contribution in [3.8, 4) is 5.75 Å². The van der Waals surface area contributed by atoms with E-state index < -0.39 is 28.1 Å². The topological polar surface area (TPSA) is 122 Å². The van der Waals surface area contributed by atoms with Crippen molar-refractivity contribution < 1.29 is 22.7 Å². The Hall–Kier alpha value is -3.27. The number of carbonyl (C=O) groups excluding carboxylic acids is 2. The van der Waals surface area contributed by atoms with Crippen molar-refractivity contribution in [2.24, 2.45) is 5.73 Å². The SMILES string of the molecule is CS(=O)(=O)Nc1ccc2c(c1)N1C(=O)N(CC(N)=O)CC1C(c1ccccc1)O2. The Morgan fingerprint density at radius 3 is 2.62 bits per heavy atom. The molecule has 2 unspecified atom stereocenters. The van der Waals surface area contributed by atoms with Crippen LogP contribution in [0.4, 0.5) is 16.2 Å². The van der Waals surface area contributed by atoms with Crippen LogP contribution in [0.1, 0.15) is 11.7 Å². The second kappa shape index (κ2) is 6.96. The van der Waals surface area contributed by atoms with Crippen molar-refractivity contribution in [3.63, 3.8) is 0 Å². The van der Waals surface area contributed by atoms with Gasteiger partial charge in [0.1, 0.15) is 18.4 Å². The minimum absolute atomic E-state index is 0.204. The van der Waals surface area contributed by atoms with E-state index in [1.54, 1.807) is 23.1 Å². The number of primary amides is 1. The summed E-state index contributed by atoms with van der Waals surface area (Å²) in [6.07, 6.45) is 0.603. The van der Waals surface area contributed by atoms with Crippen LogP contribution >= 0.6 is 0 Å². The molecule has 0 spiro atoms. The van der Waals surface area contributed by atoms with Gasteiger partial charge in [-0.2, -0.15) is 0 Å². The Morgan fingerprint density at radius 2 is 1.97 bits per heavy atom. The van der Waals surface area contributed by atoms with Gasteiger partial charge in [-0.05, 0) is 23.8 Å². The number of carbonyl (C=O) groups is 2. The molecule has 2 aliphatic heterocycles. The van der Waals surface area contributed by atoms with Crippen LogP contribution < -0.4 is 20.1 Å². The van der Waals surface area contributed by atoms with Gasteiger partial charge >= 0.3 is 6.03 Å². The predicted octanol–water partition coefficient (Wildman–Crippen LogP) is 1.29. The summed E-state index contributed by atoms with van der Waals surface area (Å²) in [6, 6.07) is 13.5. The van der Waals surface area contributed by atoms with Gasteiger partial charge in [-0.1, -0.05) is 30.3 Å². The molecule has 0 aliphatic carbocycles. The number of nitrogens with one attached hydrogen (secondary N) is 1. The van der Waals surface area contributed by atoms with Gasteiger partial charge < -0.3 is 15.4 Å². The highest BCUT2D eigenvalue weighted by molar-refractivity contribution is 7.92. The molecule has 1 saturated heterocycles. The van der Waals surface area contributed by atoms with Gasteiger partial charge in [0.2, 0.25) is 15.9 Å². The van der Waals surface area contributed by atoms with Gasteiger partial charge in [0.15, 0.2) is 0 Å². The third-order valence-corrected chi connectivity index (χ3v) is 5.42. The number of sulfonamides is 1. The van der Waals surface area contributed by atoms with Crippen LogP contribution in [-0.4, -0.2) is 50.6 Å². The number of benzene rings is 2. The largest absolute Gasteiger partial charge is 0.481 e. The Labute approximate surface area is 168 Å². The van der Waals surface area contributed by atoms with Crippen LogP contribution in [0.5, 0.6) is 5.75 Å². The molecule has 0 bridgehead atoms. The average molecular weight is 416 g/mol. The standard InChI is InChI=1S/C19H20N4O5S/c1-29(26,27)21-13-7-8-16-14(9-13)23-15(10-22(19(23)25)11-17(20)24)18(28-16)12-5-3-2-4-6-12/h2-9,15,18,21H,10-11H2,1H3,(H2,20,24). The first-order valence-corrected chi connectivity index (χ1v) is 10.8. The number of hydrogen-bond donors (Lipinski definition) is 2. The normalized spacial score (nSPS) is 20.7. The second-order valence-electron chi connectivity index (χ2n) is 7.07. The highest BCUT2D eigenvalue weighted by Gasteiger charge is 2.48. The van der Waals surface area contributed by atoms with Crippen molar-refractivity contribution in [2.75, 3.05) is 29.0 Å². The molecule has 3 amide bonds. The Kier molecular flexibility index (Phi) is 4.58. The minimum Gasteiger partial charge on any atom is -0.481 e. The molecular weight excluding hydrogens is 396 g/mol. The van der Waals surface area contributed by atoms with E-state index in [0.717, 1.165) is 11.8 Å². The number of ether oxygens (including phenoxy) is 1. The first-order chi connectivity index (χ1) is 13.7. The summed E-state index contributed by atoms with van der Waals surface area (Å²) >= 11 is 0. The minimum atomic E-state index is -3.49. The van der Waals surface area contributed by atoms with Crippen LogP contribution in [0.3, 0.4) is 0 Å². The lowest BCUT2D eigenvalue weighted by molar-refractivity contribution is -0.118. The zero-order valence-electron chi connectivity index (χ0n) is 15.6. The van der Waals surface area contributed by atoms with Gasteiger partial charge in [0, 0.05) is 6.54 Å². The summed E-state index contributed by atoms with van der Waals surface area (Å²) in [5, 5.41) is 0. The van der Waals surface area contributed by atoms with Crippen molar-refractivity contribution in [3.05, 3.63) is 54.1 Å². The van der Waals surface area contributed by atoms with Crippen LogP contribution in [0, 0.1) is 0 Å². The van der Waals surface area contributed by atoms with E-state index in [9.17, 15) is 18.0 Å². The molecule has 2 aromatic carbocycles. The van der Waals surface area contributed by atoms with Crippen LogP contribution in [0.2, 0.25) is 0 Å². The number of nitrogens with zero attached hydrogens (tertiary/aromatic N) is 2. The zero-order valence-corrected chi connectivity index (χ0v) is 16.4. The number of amides is 3. The molecule has 152 valence electrons. The fourth-order valence-electron chi connectivity index (χ4n) is 3.74. The number of nitrogens with two attached hydrogens (primary N) is 1. The quantitative estimate of drug-likeness (QED) is 0.760. The third kappa shape index (κ3) is 3.70. The summed E-state index contributed by atoms with van der Waals surface area (Å²) in [5.74, 6) is -0.161. The van der Waals surface area contributed by atoms with Gasteiger partial charge in [-0.3, -0.25) is 14.4 Å². The maximum Gasteiger partial charge on any atom is 0.325 e. The zero-order chi connectivity index (χ0) is 20.8. The van der Waals surface area contributed by atoms with Crippen molar-refractivity contribution in [1.29, 1.82) is 0 Å². The molecule has 4 rings (SSSR count). The number of hydrogen-bond acceptors (Lipinski definition) is 5. The Morgan fingerprint density at radius 1 is 1.24 bits per heavy atom. The summed E-state index contributed by atoms with van der Waals surface area (Å²) in [6.45, 7) is 0.0501. The molecular formula is C19H20N4O5S. The molecule has 2 aliphatic rings. The summed E-state index contributed by atoms with van der Waals surface area (Å²) in [5.41, 5.74) is 6.94. The lowest BCUT2D eigenvalue weighted by atomic mass is 9.99. The molecule has 3 N–H and O–H groups in total. The first kappa shape index (κ1) is 19.1. The fraction of sp³-hybridized carbons (Fsp3) is 0.263. The molecule has 0 saturated carbocycles. The molecule has 29 heavy (non-hydrogen) atoms. The molecule has 0 radical (unpaired) electrons. The van der Waals surface area contributed by atoms with Crippen molar-refractivity contribution in [1.82, 2.24) is 4.90 Å². The highest BCUT2D eigenvalue weighted by atomic mass is 32.2. The Bertz CT molecular complexity index is 1070. The van der Waals surface area contributed by atoms with E-state index in [1.165, 1.54) is 4.90 Å². The molecule has 0 aromatic heterocycles. The van der Waals surface area contributed by atoms with Gasteiger partial charge in [-0.15, -0.1) is 0 Å². The predicted molar refractivity (Wildman–Crippen MR) is 107 cm³/mol. The monoisotopic (exact) mass is 416 g/mol. The van der Waals surface area contributed by atoms with Crippen LogP contribution in [-0.2, 0) is 14.8 Å². The number of fused-ring (bicyclic) bond motifs is 3. The van der Waals surface area contributed by atoms with Crippen molar-refractivity contribution >= 4 is 33.3 Å². The maximum absolute atomic E-state index is 13.1. The summed E-state index contributed by atoms with van der Waals surface area (Å²) < 4.78 is 31.8. The van der Waals surface area contributed by atoms with Gasteiger partial charge in [0.25, 0.3) is 0 Å². The first-order valence-electron chi connectivity index (χ1n) is 8.93. The van der Waals surface area contributed by atoms with E-state index in [1.807, 2.05) is 30.3 Å². The molecule has 9 nitrogen and oxygen atoms in total. The number of anilines is 2. The van der Waals surface area contributed by atoms with Crippen LogP contribution in [0.25, 0.3) is 0 Å². The Balaban J connectivity index is 1.78. The average Bonchev–Trinajstić information content (AvgIpc) is 2.96. The smallest absolute Gasteiger partial charge is 0.325 e. The van der Waals surface area contributed by atoms with E-state index >= 15 is 0 Å². The molecule has 1 fully saturated rings. The fourth-order valence-corrected chi connectivity index (χ4v) is 4.30. The van der Waals surface area contributed by atoms with Crippen molar-refractivity contribution in [2.45, 2.75) is 12.1 Å². The lowest BCUT2D eigenvalue weighted by Gasteiger charge is -2.37. The van der Waals surface area contributed by atoms with E-state index in [0.29, 0.717) is 17.1 Å². The van der Waals surface area contributed by atoms with Crippen LogP contribution in [0.15, 0.2) is 48.5 Å². The van der Waals surface area contributed by atoms with E-state index in [4.69, 9.17) is 10.5 Å². The summed E-state index contributed by atoms with van der Waals surface area (Å²) in [7, 11) is -3.49.